The molecule has 0 atom stereocenters. The number of halogens is 3. The van der Waals surface area contributed by atoms with Crippen LogP contribution >= 0.6 is 0 Å². The highest BCUT2D eigenvalue weighted by Gasteiger charge is 2.30. The van der Waals surface area contributed by atoms with Gasteiger partial charge >= 0.3 is 6.18 Å². The first kappa shape index (κ1) is 19.2. The Morgan fingerprint density at radius 1 is 1.04 bits per heavy atom. The normalized spacial score (nSPS) is 15.6. The lowest BCUT2D eigenvalue weighted by molar-refractivity contribution is -0.137. The Bertz CT molecular complexity index is 782. The molecule has 144 valence electrons. The van der Waals surface area contributed by atoms with Crippen LogP contribution in [0.5, 0.6) is 0 Å². The lowest BCUT2D eigenvalue weighted by Gasteiger charge is -2.35. The van der Waals surface area contributed by atoms with Gasteiger partial charge in [0.05, 0.1) is 5.56 Å². The van der Waals surface area contributed by atoms with Crippen LogP contribution in [0.25, 0.3) is 0 Å². The average molecular weight is 377 g/mol. The summed E-state index contributed by atoms with van der Waals surface area (Å²) >= 11 is 0. The fraction of sp³-hybridized carbons (Fsp3) is 0.350. The lowest BCUT2D eigenvalue weighted by Crippen LogP contribution is -2.46. The van der Waals surface area contributed by atoms with Crippen LogP contribution in [0.2, 0.25) is 0 Å². The lowest BCUT2D eigenvalue weighted by atomic mass is 10.1. The van der Waals surface area contributed by atoms with Crippen molar-refractivity contribution in [3.63, 3.8) is 0 Å². The van der Waals surface area contributed by atoms with E-state index in [0.717, 1.165) is 50.5 Å². The number of carbonyl (C=O) groups is 1. The topological polar surface area (TPSA) is 35.6 Å². The van der Waals surface area contributed by atoms with E-state index in [1.807, 2.05) is 12.1 Å². The number of carbonyl (C=O) groups excluding carboxylic acids is 1. The molecule has 0 unspecified atom stereocenters. The predicted molar refractivity (Wildman–Crippen MR) is 100 cm³/mol. The number of piperazine rings is 1. The van der Waals surface area contributed by atoms with E-state index in [1.165, 1.54) is 12.1 Å². The van der Waals surface area contributed by atoms with Crippen molar-refractivity contribution in [1.82, 2.24) is 4.90 Å². The Balaban J connectivity index is 1.64. The predicted octanol–water partition coefficient (Wildman–Crippen LogP) is 4.10. The summed E-state index contributed by atoms with van der Waals surface area (Å²) in [6.45, 7) is 7.13. The number of amides is 1. The molecule has 1 aliphatic heterocycles. The van der Waals surface area contributed by atoms with Crippen molar-refractivity contribution >= 4 is 17.3 Å². The van der Waals surface area contributed by atoms with Gasteiger partial charge in [-0.2, -0.15) is 13.2 Å². The number of alkyl halides is 3. The van der Waals surface area contributed by atoms with E-state index in [9.17, 15) is 18.0 Å². The highest BCUT2D eigenvalue weighted by atomic mass is 19.4. The first-order chi connectivity index (χ1) is 12.9. The van der Waals surface area contributed by atoms with Crippen LogP contribution in [0.1, 0.15) is 22.8 Å². The minimum absolute atomic E-state index is 0.0235. The summed E-state index contributed by atoms with van der Waals surface area (Å²) in [5, 5.41) is 2.65. The Morgan fingerprint density at radius 3 is 2.30 bits per heavy atom. The number of nitrogens with one attached hydrogen (secondary N) is 1. The van der Waals surface area contributed by atoms with Crippen molar-refractivity contribution in [3.05, 3.63) is 59.7 Å². The number of anilines is 2. The van der Waals surface area contributed by atoms with Crippen molar-refractivity contribution in [3.8, 4) is 0 Å². The maximum absolute atomic E-state index is 12.8. The molecule has 1 amide bonds. The molecule has 27 heavy (non-hydrogen) atoms. The third-order valence-electron chi connectivity index (χ3n) is 4.76. The van der Waals surface area contributed by atoms with Crippen LogP contribution in [0.4, 0.5) is 24.5 Å². The van der Waals surface area contributed by atoms with E-state index in [4.69, 9.17) is 0 Å². The first-order valence-electron chi connectivity index (χ1n) is 8.93. The molecule has 1 aliphatic rings. The summed E-state index contributed by atoms with van der Waals surface area (Å²) in [4.78, 5) is 16.9. The molecule has 2 aromatic carbocycles. The Hall–Kier alpha value is -2.54. The number of hydrogen-bond acceptors (Lipinski definition) is 3. The summed E-state index contributed by atoms with van der Waals surface area (Å²) in [6, 6.07) is 11.8. The van der Waals surface area contributed by atoms with Gasteiger partial charge in [0.1, 0.15) is 0 Å². The Morgan fingerprint density at radius 2 is 1.70 bits per heavy atom. The zero-order chi connectivity index (χ0) is 19.4. The SMILES string of the molecule is CCN1CCN(c2ccc(NC(=O)c3cccc(C(F)(F)F)c3)cc2)CC1. The Kier molecular flexibility index (Phi) is 5.70. The smallest absolute Gasteiger partial charge is 0.369 e. The number of likely N-dealkylation sites (N-methyl/N-ethyl adjacent to an activating group) is 1. The van der Waals surface area contributed by atoms with Crippen molar-refractivity contribution in [1.29, 1.82) is 0 Å². The van der Waals surface area contributed by atoms with Crippen LogP contribution in [0, 0.1) is 0 Å². The van der Waals surface area contributed by atoms with Crippen LogP contribution in [-0.2, 0) is 6.18 Å². The molecule has 3 rings (SSSR count). The summed E-state index contributed by atoms with van der Waals surface area (Å²) in [5.74, 6) is -0.564. The van der Waals surface area contributed by atoms with E-state index in [-0.39, 0.29) is 5.56 Å². The molecule has 0 bridgehead atoms. The summed E-state index contributed by atoms with van der Waals surface area (Å²) in [5.41, 5.74) is 0.762. The Labute approximate surface area is 156 Å². The van der Waals surface area contributed by atoms with Gasteiger partial charge in [0.15, 0.2) is 0 Å². The molecular weight excluding hydrogens is 355 g/mol. The molecule has 0 aromatic heterocycles. The zero-order valence-electron chi connectivity index (χ0n) is 15.1. The minimum atomic E-state index is -4.47. The molecule has 2 aromatic rings. The van der Waals surface area contributed by atoms with Gasteiger partial charge in [-0.1, -0.05) is 13.0 Å². The van der Waals surface area contributed by atoms with Gasteiger partial charge < -0.3 is 15.1 Å². The number of nitrogens with zero attached hydrogens (tertiary/aromatic N) is 2. The van der Waals surface area contributed by atoms with Crippen molar-refractivity contribution < 1.29 is 18.0 Å². The fourth-order valence-electron chi connectivity index (χ4n) is 3.12. The second-order valence-corrected chi connectivity index (χ2v) is 6.50. The van der Waals surface area contributed by atoms with E-state index in [2.05, 4.69) is 22.0 Å². The van der Waals surface area contributed by atoms with Gasteiger partial charge in [-0.25, -0.2) is 0 Å². The van der Waals surface area contributed by atoms with Gasteiger partial charge in [-0.15, -0.1) is 0 Å². The van der Waals surface area contributed by atoms with E-state index in [1.54, 1.807) is 12.1 Å². The van der Waals surface area contributed by atoms with Gasteiger partial charge in [0.2, 0.25) is 0 Å². The maximum Gasteiger partial charge on any atom is 0.416 e. The van der Waals surface area contributed by atoms with Crippen LogP contribution in [0.3, 0.4) is 0 Å². The van der Waals surface area contributed by atoms with E-state index in [0.29, 0.717) is 5.69 Å². The highest BCUT2D eigenvalue weighted by molar-refractivity contribution is 6.04. The second-order valence-electron chi connectivity index (χ2n) is 6.50. The van der Waals surface area contributed by atoms with Crippen molar-refractivity contribution in [2.75, 3.05) is 42.9 Å². The van der Waals surface area contributed by atoms with Gasteiger partial charge in [-0.05, 0) is 49.0 Å². The summed E-state index contributed by atoms with van der Waals surface area (Å²) in [6.07, 6.45) is -4.47. The molecule has 4 nitrogen and oxygen atoms in total. The van der Waals surface area contributed by atoms with Gasteiger partial charge in [-0.3, -0.25) is 4.79 Å². The minimum Gasteiger partial charge on any atom is -0.369 e. The molecule has 7 heteroatoms. The van der Waals surface area contributed by atoms with Crippen molar-refractivity contribution in [2.24, 2.45) is 0 Å². The van der Waals surface area contributed by atoms with Crippen LogP contribution in [-0.4, -0.2) is 43.5 Å². The maximum atomic E-state index is 12.8. The third kappa shape index (κ3) is 4.80. The zero-order valence-corrected chi connectivity index (χ0v) is 15.1. The molecule has 1 fully saturated rings. The number of benzene rings is 2. The molecule has 1 saturated heterocycles. The number of hydrogen-bond donors (Lipinski definition) is 1. The van der Waals surface area contributed by atoms with Gasteiger partial charge in [0, 0.05) is 43.1 Å². The fourth-order valence-corrected chi connectivity index (χ4v) is 3.12. The molecular formula is C20H22F3N3O. The molecule has 0 saturated carbocycles. The van der Waals surface area contributed by atoms with E-state index >= 15 is 0 Å². The molecule has 1 heterocycles. The quantitative estimate of drug-likeness (QED) is 0.871. The average Bonchev–Trinajstić information content (AvgIpc) is 2.68. The second kappa shape index (κ2) is 8.00. The highest BCUT2D eigenvalue weighted by Crippen LogP contribution is 2.29. The summed E-state index contributed by atoms with van der Waals surface area (Å²) in [7, 11) is 0. The van der Waals surface area contributed by atoms with E-state index < -0.39 is 17.6 Å². The molecule has 1 N–H and O–H groups in total. The standard InChI is InChI=1S/C20H22F3N3O/c1-2-25-10-12-26(13-11-25)18-8-6-17(7-9-18)24-19(27)15-4-3-5-16(14-15)20(21,22)23/h3-9,14H,2,10-13H2,1H3,(H,24,27). The molecule has 0 radical (unpaired) electrons. The third-order valence-corrected chi connectivity index (χ3v) is 4.76. The number of rotatable bonds is 4. The van der Waals surface area contributed by atoms with Crippen molar-refractivity contribution in [2.45, 2.75) is 13.1 Å². The summed E-state index contributed by atoms with van der Waals surface area (Å²) < 4.78 is 38.4. The van der Waals surface area contributed by atoms with Gasteiger partial charge in [0.25, 0.3) is 5.91 Å². The van der Waals surface area contributed by atoms with Crippen LogP contribution < -0.4 is 10.2 Å². The first-order valence-corrected chi connectivity index (χ1v) is 8.93. The van der Waals surface area contributed by atoms with Crippen LogP contribution in [0.15, 0.2) is 48.5 Å². The monoisotopic (exact) mass is 377 g/mol. The largest absolute Gasteiger partial charge is 0.416 e. The molecule has 0 aliphatic carbocycles. The molecule has 0 spiro atoms.